The maximum Gasteiger partial charge on any atom is 0.410 e. The molecule has 0 aromatic carbocycles. The van der Waals surface area contributed by atoms with E-state index in [1.165, 1.54) is 12.4 Å². The summed E-state index contributed by atoms with van der Waals surface area (Å²) in [6, 6.07) is 0. The molecule has 4 heterocycles. The minimum atomic E-state index is -2.54. The normalized spacial score (nSPS) is 14.5. The number of amides is 1. The Hall–Kier alpha value is -3.11. The third-order valence-electron chi connectivity index (χ3n) is 4.39. The highest BCUT2D eigenvalue weighted by Crippen LogP contribution is 2.22. The Morgan fingerprint density at radius 1 is 1.31 bits per heavy atom. The van der Waals surface area contributed by atoms with Crippen molar-refractivity contribution >= 4 is 17.3 Å². The van der Waals surface area contributed by atoms with Gasteiger partial charge in [-0.3, -0.25) is 0 Å². The van der Waals surface area contributed by atoms with Crippen LogP contribution in [0, 0.1) is 0 Å². The summed E-state index contributed by atoms with van der Waals surface area (Å²) in [6.07, 6.45) is 2.37. The molecule has 1 aliphatic rings. The smallest absolute Gasteiger partial charge is 0.410 e. The summed E-state index contributed by atoms with van der Waals surface area (Å²) in [5.74, 6) is 0.395. The second-order valence-electron chi connectivity index (χ2n) is 7.85. The quantitative estimate of drug-likeness (QED) is 0.665. The zero-order valence-corrected chi connectivity index (χ0v) is 16.3. The summed E-state index contributed by atoms with van der Waals surface area (Å²) in [4.78, 5) is 22.6. The molecule has 0 unspecified atom stereocenters. The van der Waals surface area contributed by atoms with E-state index in [0.717, 1.165) is 15.9 Å². The molecule has 0 saturated heterocycles. The second-order valence-corrected chi connectivity index (χ2v) is 7.85. The van der Waals surface area contributed by atoms with Crippen molar-refractivity contribution in [3.05, 3.63) is 29.8 Å². The molecule has 0 spiro atoms. The molecule has 154 valence electrons. The number of fused-ring (bicyclic) bond motifs is 2. The number of hydrogen-bond acceptors (Lipinski definition) is 6. The zero-order chi connectivity index (χ0) is 20.8. The van der Waals surface area contributed by atoms with Crippen LogP contribution in [0.4, 0.5) is 13.6 Å². The number of ether oxygens (including phenoxy) is 1. The highest BCUT2D eigenvalue weighted by molar-refractivity contribution is 5.70. The van der Waals surface area contributed by atoms with E-state index in [1.54, 1.807) is 15.8 Å². The van der Waals surface area contributed by atoms with Crippen LogP contribution < -0.4 is 0 Å². The van der Waals surface area contributed by atoms with Crippen molar-refractivity contribution in [3.8, 4) is 5.82 Å². The van der Waals surface area contributed by atoms with Crippen LogP contribution in [0.3, 0.4) is 0 Å². The number of aromatic nitrogens is 6. The van der Waals surface area contributed by atoms with E-state index < -0.39 is 18.6 Å². The summed E-state index contributed by atoms with van der Waals surface area (Å²) < 4.78 is 33.6. The van der Waals surface area contributed by atoms with E-state index in [4.69, 9.17) is 4.74 Å². The number of carbonyl (C=O) groups excluding carboxylic acids is 1. The standard InChI is InChI=1S/C18H21F2N7O2/c1-18(2,3)29-17(28)25-5-4-12-11(8-25)9-26(24-12)15-7-21-13-6-22-27(10-14(19)20)16(13)23-15/h6-7,9,14H,4-5,8,10H2,1-3H3. The molecular formula is C18H21F2N7O2. The Morgan fingerprint density at radius 2 is 2.10 bits per heavy atom. The van der Waals surface area contributed by atoms with Crippen molar-refractivity contribution < 1.29 is 18.3 Å². The highest BCUT2D eigenvalue weighted by Gasteiger charge is 2.27. The molecule has 0 saturated carbocycles. The van der Waals surface area contributed by atoms with Gasteiger partial charge in [-0.05, 0) is 20.8 Å². The Labute approximate surface area is 165 Å². The first-order valence-electron chi connectivity index (χ1n) is 9.22. The first-order valence-corrected chi connectivity index (χ1v) is 9.22. The molecule has 0 aliphatic carbocycles. The van der Waals surface area contributed by atoms with E-state index in [2.05, 4.69) is 20.2 Å². The van der Waals surface area contributed by atoms with Gasteiger partial charge in [0, 0.05) is 24.7 Å². The lowest BCUT2D eigenvalue weighted by molar-refractivity contribution is 0.0223. The molecule has 29 heavy (non-hydrogen) atoms. The lowest BCUT2D eigenvalue weighted by Crippen LogP contribution is -2.39. The molecule has 4 rings (SSSR count). The minimum absolute atomic E-state index is 0.270. The summed E-state index contributed by atoms with van der Waals surface area (Å²) in [5, 5.41) is 8.45. The van der Waals surface area contributed by atoms with Crippen molar-refractivity contribution in [3.63, 3.8) is 0 Å². The molecular weight excluding hydrogens is 384 g/mol. The zero-order valence-electron chi connectivity index (χ0n) is 16.3. The predicted molar refractivity (Wildman–Crippen MR) is 98.8 cm³/mol. The predicted octanol–water partition coefficient (Wildman–Crippen LogP) is 2.57. The topological polar surface area (TPSA) is 91.0 Å². The number of rotatable bonds is 3. The molecule has 11 heteroatoms. The van der Waals surface area contributed by atoms with Crippen LogP contribution in [0.15, 0.2) is 18.6 Å². The fourth-order valence-electron chi connectivity index (χ4n) is 3.13. The van der Waals surface area contributed by atoms with Gasteiger partial charge < -0.3 is 9.64 Å². The summed E-state index contributed by atoms with van der Waals surface area (Å²) in [5.41, 5.74) is 1.88. The summed E-state index contributed by atoms with van der Waals surface area (Å²) in [6.45, 7) is 5.81. The molecule has 1 aliphatic heterocycles. The molecule has 0 radical (unpaired) electrons. The second kappa shape index (κ2) is 7.05. The van der Waals surface area contributed by atoms with Gasteiger partial charge in [-0.2, -0.15) is 10.2 Å². The minimum Gasteiger partial charge on any atom is -0.444 e. The van der Waals surface area contributed by atoms with Gasteiger partial charge in [0.1, 0.15) is 17.7 Å². The van der Waals surface area contributed by atoms with E-state index in [0.29, 0.717) is 30.8 Å². The van der Waals surface area contributed by atoms with Crippen LogP contribution in [-0.2, 0) is 24.2 Å². The number of hydrogen-bond donors (Lipinski definition) is 0. The van der Waals surface area contributed by atoms with E-state index in [-0.39, 0.29) is 11.7 Å². The van der Waals surface area contributed by atoms with Gasteiger partial charge in [0.2, 0.25) is 0 Å². The molecule has 3 aromatic rings. The molecule has 9 nitrogen and oxygen atoms in total. The largest absolute Gasteiger partial charge is 0.444 e. The molecule has 3 aromatic heterocycles. The molecule has 1 amide bonds. The van der Waals surface area contributed by atoms with Crippen LogP contribution in [0.2, 0.25) is 0 Å². The Bertz CT molecular complexity index is 1050. The maximum atomic E-state index is 12.7. The third kappa shape index (κ3) is 4.03. The first kappa shape index (κ1) is 19.2. The molecule has 0 bridgehead atoms. The van der Waals surface area contributed by atoms with Gasteiger partial charge in [-0.15, -0.1) is 0 Å². The van der Waals surface area contributed by atoms with Crippen LogP contribution >= 0.6 is 0 Å². The fourth-order valence-corrected chi connectivity index (χ4v) is 3.13. The third-order valence-corrected chi connectivity index (χ3v) is 4.39. The van der Waals surface area contributed by atoms with Gasteiger partial charge in [0.05, 0.1) is 24.6 Å². The van der Waals surface area contributed by atoms with Crippen molar-refractivity contribution in [1.82, 2.24) is 34.4 Å². The van der Waals surface area contributed by atoms with Crippen LogP contribution in [0.25, 0.3) is 17.0 Å². The van der Waals surface area contributed by atoms with Crippen LogP contribution in [0.5, 0.6) is 0 Å². The summed E-state index contributed by atoms with van der Waals surface area (Å²) >= 11 is 0. The Morgan fingerprint density at radius 3 is 2.83 bits per heavy atom. The van der Waals surface area contributed by atoms with Gasteiger partial charge in [0.15, 0.2) is 11.5 Å². The molecule has 0 atom stereocenters. The molecule has 0 N–H and O–H groups in total. The van der Waals surface area contributed by atoms with E-state index in [1.807, 2.05) is 20.8 Å². The lowest BCUT2D eigenvalue weighted by Gasteiger charge is -2.29. The van der Waals surface area contributed by atoms with Crippen molar-refractivity contribution in [1.29, 1.82) is 0 Å². The monoisotopic (exact) mass is 405 g/mol. The van der Waals surface area contributed by atoms with Gasteiger partial charge in [-0.1, -0.05) is 0 Å². The Balaban J connectivity index is 1.58. The van der Waals surface area contributed by atoms with Crippen molar-refractivity contribution in [2.75, 3.05) is 6.54 Å². The fraction of sp³-hybridized carbons (Fsp3) is 0.500. The van der Waals surface area contributed by atoms with Crippen LogP contribution in [0.1, 0.15) is 32.0 Å². The summed E-state index contributed by atoms with van der Waals surface area (Å²) in [7, 11) is 0. The Kier molecular flexibility index (Phi) is 4.67. The number of carbonyl (C=O) groups is 1. The van der Waals surface area contributed by atoms with Gasteiger partial charge >= 0.3 is 6.09 Å². The maximum absolute atomic E-state index is 12.7. The highest BCUT2D eigenvalue weighted by atomic mass is 19.3. The van der Waals surface area contributed by atoms with Gasteiger partial charge in [0.25, 0.3) is 6.43 Å². The van der Waals surface area contributed by atoms with Crippen molar-refractivity contribution in [2.45, 2.75) is 52.3 Å². The first-order chi connectivity index (χ1) is 13.7. The number of alkyl halides is 2. The molecule has 0 fully saturated rings. The van der Waals surface area contributed by atoms with E-state index in [9.17, 15) is 13.6 Å². The van der Waals surface area contributed by atoms with E-state index >= 15 is 0 Å². The average molecular weight is 405 g/mol. The number of halogens is 2. The van der Waals surface area contributed by atoms with Crippen LogP contribution in [-0.4, -0.2) is 59.1 Å². The van der Waals surface area contributed by atoms with Crippen molar-refractivity contribution in [2.24, 2.45) is 0 Å². The lowest BCUT2D eigenvalue weighted by atomic mass is 10.1. The van der Waals surface area contributed by atoms with Gasteiger partial charge in [-0.25, -0.2) is 32.9 Å². The average Bonchev–Trinajstić information content (AvgIpc) is 3.23. The number of nitrogens with zero attached hydrogens (tertiary/aromatic N) is 7. The SMILES string of the molecule is CC(C)(C)OC(=O)N1CCc2nn(-c3cnc4cnn(CC(F)F)c4n3)cc2C1.